The molecule has 1 saturated heterocycles. The number of benzene rings is 2. The molecule has 132 valence electrons. The molecule has 0 aromatic heterocycles. The van der Waals surface area contributed by atoms with Crippen molar-refractivity contribution in [3.05, 3.63) is 59.7 Å². The highest BCUT2D eigenvalue weighted by Gasteiger charge is 2.21. The van der Waals surface area contributed by atoms with E-state index in [1.54, 1.807) is 29.2 Å². The van der Waals surface area contributed by atoms with Crippen molar-refractivity contribution in [1.29, 1.82) is 0 Å². The normalized spacial score (nSPS) is 16.3. The molecule has 5 heteroatoms. The van der Waals surface area contributed by atoms with E-state index >= 15 is 0 Å². The number of ether oxygens (including phenoxy) is 2. The van der Waals surface area contributed by atoms with Crippen LogP contribution in [0.3, 0.4) is 0 Å². The third-order valence-electron chi connectivity index (χ3n) is 4.53. The van der Waals surface area contributed by atoms with E-state index in [1.807, 2.05) is 30.3 Å². The molecular formula is C21H19NO4. The zero-order valence-electron chi connectivity index (χ0n) is 14.3. The molecule has 0 radical (unpaired) electrons. The summed E-state index contributed by atoms with van der Waals surface area (Å²) in [5.41, 5.74) is 2.32. The van der Waals surface area contributed by atoms with Crippen LogP contribution in [0.5, 0.6) is 11.5 Å². The highest BCUT2D eigenvalue weighted by molar-refractivity contribution is 6.07. The Kier molecular flexibility index (Phi) is 4.44. The van der Waals surface area contributed by atoms with Gasteiger partial charge in [-0.15, -0.1) is 0 Å². The summed E-state index contributed by atoms with van der Waals surface area (Å²) in [4.78, 5) is 25.9. The van der Waals surface area contributed by atoms with E-state index in [2.05, 4.69) is 0 Å². The molecule has 0 atom stereocenters. The Morgan fingerprint density at radius 3 is 2.50 bits per heavy atom. The second-order valence-corrected chi connectivity index (χ2v) is 6.30. The number of allylic oxidation sites excluding steroid dienone is 1. The van der Waals surface area contributed by atoms with Gasteiger partial charge in [0.1, 0.15) is 13.2 Å². The molecule has 0 aliphatic carbocycles. The minimum absolute atomic E-state index is 0.0841. The van der Waals surface area contributed by atoms with Crippen molar-refractivity contribution in [2.75, 3.05) is 24.7 Å². The van der Waals surface area contributed by atoms with Crippen LogP contribution in [-0.2, 0) is 4.79 Å². The summed E-state index contributed by atoms with van der Waals surface area (Å²) < 4.78 is 11.0. The zero-order valence-corrected chi connectivity index (χ0v) is 14.3. The molecule has 26 heavy (non-hydrogen) atoms. The van der Waals surface area contributed by atoms with Gasteiger partial charge in [0, 0.05) is 24.2 Å². The van der Waals surface area contributed by atoms with E-state index in [0.29, 0.717) is 30.9 Å². The Morgan fingerprint density at radius 1 is 1.00 bits per heavy atom. The third-order valence-corrected chi connectivity index (χ3v) is 4.53. The fraction of sp³-hybridized carbons (Fsp3) is 0.238. The third kappa shape index (κ3) is 3.33. The summed E-state index contributed by atoms with van der Waals surface area (Å²) >= 11 is 0. The largest absolute Gasteiger partial charge is 0.486 e. The Morgan fingerprint density at radius 2 is 1.77 bits per heavy atom. The molecule has 2 aromatic carbocycles. The second-order valence-electron chi connectivity index (χ2n) is 6.30. The maximum absolute atomic E-state index is 12.4. The standard InChI is InChI=1S/C21H19NO4/c23-18(9-3-15-4-10-19-20(14-15)26-13-12-25-19)16-5-7-17(8-6-16)22-11-1-2-21(22)24/h3-10,14H,1-2,11-13H2/b9-3+. The smallest absolute Gasteiger partial charge is 0.227 e. The molecule has 1 fully saturated rings. The van der Waals surface area contributed by atoms with Gasteiger partial charge in [0.25, 0.3) is 0 Å². The first-order chi connectivity index (χ1) is 12.7. The van der Waals surface area contributed by atoms with Gasteiger partial charge < -0.3 is 14.4 Å². The molecule has 0 saturated carbocycles. The molecule has 2 heterocycles. The number of hydrogen-bond donors (Lipinski definition) is 0. The van der Waals surface area contributed by atoms with E-state index in [4.69, 9.17) is 9.47 Å². The lowest BCUT2D eigenvalue weighted by Crippen LogP contribution is -2.23. The van der Waals surface area contributed by atoms with Crippen LogP contribution in [0.25, 0.3) is 6.08 Å². The monoisotopic (exact) mass is 349 g/mol. The fourth-order valence-corrected chi connectivity index (χ4v) is 3.16. The number of hydrogen-bond acceptors (Lipinski definition) is 4. The highest BCUT2D eigenvalue weighted by Crippen LogP contribution is 2.31. The van der Waals surface area contributed by atoms with E-state index in [1.165, 1.54) is 0 Å². The van der Waals surface area contributed by atoms with Gasteiger partial charge in [-0.05, 0) is 54.5 Å². The minimum atomic E-state index is -0.0841. The molecule has 0 bridgehead atoms. The predicted molar refractivity (Wildman–Crippen MR) is 98.8 cm³/mol. The first kappa shape index (κ1) is 16.4. The van der Waals surface area contributed by atoms with Crippen LogP contribution in [-0.4, -0.2) is 31.4 Å². The average Bonchev–Trinajstić information content (AvgIpc) is 3.12. The Bertz CT molecular complexity index is 870. The topological polar surface area (TPSA) is 55.8 Å². The van der Waals surface area contributed by atoms with Crippen molar-refractivity contribution in [1.82, 2.24) is 0 Å². The molecular weight excluding hydrogens is 330 g/mol. The second kappa shape index (κ2) is 7.04. The Hall–Kier alpha value is -3.08. The van der Waals surface area contributed by atoms with Gasteiger partial charge in [0.15, 0.2) is 17.3 Å². The lowest BCUT2D eigenvalue weighted by atomic mass is 10.1. The van der Waals surface area contributed by atoms with Crippen molar-refractivity contribution in [3.63, 3.8) is 0 Å². The van der Waals surface area contributed by atoms with E-state index in [-0.39, 0.29) is 11.7 Å². The minimum Gasteiger partial charge on any atom is -0.486 e. The number of anilines is 1. The number of amides is 1. The molecule has 2 aliphatic rings. The maximum Gasteiger partial charge on any atom is 0.227 e. The molecule has 0 unspecified atom stereocenters. The Balaban J connectivity index is 1.46. The van der Waals surface area contributed by atoms with Gasteiger partial charge >= 0.3 is 0 Å². The molecule has 1 amide bonds. The molecule has 0 spiro atoms. The number of carbonyl (C=O) groups excluding carboxylic acids is 2. The van der Waals surface area contributed by atoms with Crippen molar-refractivity contribution in [2.45, 2.75) is 12.8 Å². The predicted octanol–water partition coefficient (Wildman–Crippen LogP) is 3.48. The lowest BCUT2D eigenvalue weighted by molar-refractivity contribution is -0.117. The average molecular weight is 349 g/mol. The first-order valence-electron chi connectivity index (χ1n) is 8.73. The van der Waals surface area contributed by atoms with Gasteiger partial charge in [0.05, 0.1) is 0 Å². The molecule has 0 N–H and O–H groups in total. The number of ketones is 1. The van der Waals surface area contributed by atoms with Gasteiger partial charge in [-0.1, -0.05) is 12.1 Å². The van der Waals surface area contributed by atoms with Crippen LogP contribution in [0.2, 0.25) is 0 Å². The van der Waals surface area contributed by atoms with E-state index in [9.17, 15) is 9.59 Å². The Labute approximate surface area is 151 Å². The van der Waals surface area contributed by atoms with Crippen molar-refractivity contribution >= 4 is 23.5 Å². The summed E-state index contributed by atoms with van der Waals surface area (Å²) in [7, 11) is 0. The SMILES string of the molecule is O=C(/C=C/c1ccc2c(c1)OCCO2)c1ccc(N2CCCC2=O)cc1. The molecule has 4 rings (SSSR count). The summed E-state index contributed by atoms with van der Waals surface area (Å²) in [5.74, 6) is 1.49. The lowest BCUT2D eigenvalue weighted by Gasteiger charge is -2.18. The molecule has 2 aromatic rings. The van der Waals surface area contributed by atoms with Gasteiger partial charge in [-0.25, -0.2) is 0 Å². The van der Waals surface area contributed by atoms with Gasteiger partial charge in [-0.2, -0.15) is 0 Å². The number of rotatable bonds is 4. The van der Waals surface area contributed by atoms with Crippen LogP contribution in [0.4, 0.5) is 5.69 Å². The zero-order chi connectivity index (χ0) is 17.9. The number of nitrogens with zero attached hydrogens (tertiary/aromatic N) is 1. The summed E-state index contributed by atoms with van der Waals surface area (Å²) in [6, 6.07) is 12.8. The van der Waals surface area contributed by atoms with E-state index in [0.717, 1.165) is 30.0 Å². The molecule has 2 aliphatic heterocycles. The van der Waals surface area contributed by atoms with Crippen LogP contribution >= 0.6 is 0 Å². The van der Waals surface area contributed by atoms with Crippen molar-refractivity contribution in [2.24, 2.45) is 0 Å². The van der Waals surface area contributed by atoms with Crippen molar-refractivity contribution < 1.29 is 19.1 Å². The van der Waals surface area contributed by atoms with Crippen LogP contribution in [0.1, 0.15) is 28.8 Å². The van der Waals surface area contributed by atoms with Crippen LogP contribution in [0, 0.1) is 0 Å². The fourth-order valence-electron chi connectivity index (χ4n) is 3.16. The number of carbonyl (C=O) groups is 2. The molecule has 5 nitrogen and oxygen atoms in total. The first-order valence-corrected chi connectivity index (χ1v) is 8.73. The highest BCUT2D eigenvalue weighted by atomic mass is 16.6. The summed E-state index contributed by atoms with van der Waals surface area (Å²) in [5, 5.41) is 0. The van der Waals surface area contributed by atoms with Gasteiger partial charge in [-0.3, -0.25) is 9.59 Å². The van der Waals surface area contributed by atoms with Crippen molar-refractivity contribution in [3.8, 4) is 11.5 Å². The quantitative estimate of drug-likeness (QED) is 0.626. The number of fused-ring (bicyclic) bond motifs is 1. The van der Waals surface area contributed by atoms with Crippen LogP contribution in [0.15, 0.2) is 48.5 Å². The summed E-state index contributed by atoms with van der Waals surface area (Å²) in [6.45, 7) is 1.83. The van der Waals surface area contributed by atoms with E-state index < -0.39 is 0 Å². The summed E-state index contributed by atoms with van der Waals surface area (Å²) in [6.07, 6.45) is 4.79. The van der Waals surface area contributed by atoms with Gasteiger partial charge in [0.2, 0.25) is 5.91 Å². The van der Waals surface area contributed by atoms with Crippen LogP contribution < -0.4 is 14.4 Å². The maximum atomic E-state index is 12.4.